The summed E-state index contributed by atoms with van der Waals surface area (Å²) in [6, 6.07) is 9.32. The number of benzene rings is 2. The number of rotatable bonds is 9. The molecule has 0 radical (unpaired) electrons. The second-order valence-corrected chi connectivity index (χ2v) is 8.73. The van der Waals surface area contributed by atoms with Crippen molar-refractivity contribution >= 4 is 17.4 Å². The molecule has 0 saturated carbocycles. The number of ketones is 1. The quantitative estimate of drug-likeness (QED) is 0.321. The minimum atomic E-state index is -0.840. The van der Waals surface area contributed by atoms with Crippen LogP contribution in [0.15, 0.2) is 42.0 Å². The summed E-state index contributed by atoms with van der Waals surface area (Å²) >= 11 is 0. The number of methoxy groups -OCH3 is 4. The lowest BCUT2D eigenvalue weighted by molar-refractivity contribution is -0.140. The number of aliphatic hydroxyl groups excluding tert-OH is 1. The van der Waals surface area contributed by atoms with Crippen molar-refractivity contribution in [1.29, 1.82) is 0 Å². The van der Waals surface area contributed by atoms with Crippen molar-refractivity contribution in [3.8, 4) is 23.0 Å². The van der Waals surface area contributed by atoms with Crippen LogP contribution in [0.3, 0.4) is 0 Å². The summed E-state index contributed by atoms with van der Waals surface area (Å²) in [4.78, 5) is 30.4. The van der Waals surface area contributed by atoms with Gasteiger partial charge >= 0.3 is 0 Å². The summed E-state index contributed by atoms with van der Waals surface area (Å²) in [5, 5.41) is 11.3. The number of carbonyl (C=O) groups is 2. The Kier molecular flexibility index (Phi) is 7.69. The first kappa shape index (κ1) is 25.4. The summed E-state index contributed by atoms with van der Waals surface area (Å²) in [6.45, 7) is 2.89. The van der Waals surface area contributed by atoms with E-state index in [1.54, 1.807) is 36.4 Å². The van der Waals surface area contributed by atoms with Gasteiger partial charge in [0.2, 0.25) is 5.75 Å². The molecule has 0 aliphatic carbocycles. The average molecular weight is 497 g/mol. The monoisotopic (exact) mass is 496 g/mol. The Morgan fingerprint density at radius 3 is 2.17 bits per heavy atom. The van der Waals surface area contributed by atoms with Crippen LogP contribution in [0.25, 0.3) is 5.76 Å². The molecule has 2 heterocycles. The Balaban J connectivity index is 1.86. The molecule has 0 bridgehead atoms. The lowest BCUT2D eigenvalue weighted by atomic mass is 9.94. The van der Waals surface area contributed by atoms with E-state index in [9.17, 15) is 14.7 Å². The Hall–Kier alpha value is -3.72. The number of carbonyl (C=O) groups excluding carboxylic acids is 2. The molecular formula is C27H32N2O7. The average Bonchev–Trinajstić information content (AvgIpc) is 3.52. The van der Waals surface area contributed by atoms with E-state index >= 15 is 0 Å². The van der Waals surface area contributed by atoms with E-state index in [4.69, 9.17) is 18.9 Å². The van der Waals surface area contributed by atoms with Gasteiger partial charge in [-0.2, -0.15) is 0 Å². The second kappa shape index (κ2) is 10.9. The minimum Gasteiger partial charge on any atom is -0.507 e. The van der Waals surface area contributed by atoms with Crippen molar-refractivity contribution < 1.29 is 33.6 Å². The molecule has 2 aromatic rings. The molecule has 1 amide bonds. The summed E-state index contributed by atoms with van der Waals surface area (Å²) in [7, 11) is 6.03. The number of amides is 1. The maximum Gasteiger partial charge on any atom is 0.295 e. The number of aliphatic hydroxyl groups is 1. The fourth-order valence-corrected chi connectivity index (χ4v) is 4.90. The first-order valence-electron chi connectivity index (χ1n) is 11.9. The van der Waals surface area contributed by atoms with E-state index in [1.807, 2.05) is 0 Å². The van der Waals surface area contributed by atoms with Crippen molar-refractivity contribution in [3.05, 3.63) is 53.1 Å². The second-order valence-electron chi connectivity index (χ2n) is 8.73. The summed E-state index contributed by atoms with van der Waals surface area (Å²) in [5.74, 6) is 0.0245. The van der Waals surface area contributed by atoms with E-state index in [1.165, 1.54) is 33.3 Å². The first-order valence-corrected chi connectivity index (χ1v) is 11.9. The number of nitrogens with zero attached hydrogens (tertiary/aromatic N) is 2. The standard InChI is InChI=1S/C27H32N2O7/c1-33-19-9-7-8-17(14-19)24(30)22-23(18-15-20(34-2)26(36-4)21(16-18)35-3)29(27(32)25(22)31)13-12-28-10-5-6-11-28/h7-9,14-16,23,30H,5-6,10-13H2,1-4H3/t23-/m0/s1. The molecule has 9 heteroatoms. The van der Waals surface area contributed by atoms with Gasteiger partial charge in [-0.25, -0.2) is 0 Å². The Bertz CT molecular complexity index is 1150. The van der Waals surface area contributed by atoms with Crippen molar-refractivity contribution in [2.45, 2.75) is 18.9 Å². The number of likely N-dealkylation sites (tertiary alicyclic amines) is 2. The van der Waals surface area contributed by atoms with Crippen LogP contribution in [0, 0.1) is 0 Å². The van der Waals surface area contributed by atoms with Crippen molar-refractivity contribution in [2.75, 3.05) is 54.6 Å². The van der Waals surface area contributed by atoms with Crippen molar-refractivity contribution in [1.82, 2.24) is 9.80 Å². The highest BCUT2D eigenvalue weighted by molar-refractivity contribution is 6.46. The summed E-state index contributed by atoms with van der Waals surface area (Å²) in [6.07, 6.45) is 2.23. The zero-order valence-corrected chi connectivity index (χ0v) is 21.1. The maximum absolute atomic E-state index is 13.4. The van der Waals surface area contributed by atoms with Crippen LogP contribution in [0.4, 0.5) is 0 Å². The predicted molar refractivity (Wildman–Crippen MR) is 134 cm³/mol. The minimum absolute atomic E-state index is 0.00366. The summed E-state index contributed by atoms with van der Waals surface area (Å²) < 4.78 is 21.8. The third-order valence-electron chi connectivity index (χ3n) is 6.74. The number of ether oxygens (including phenoxy) is 4. The SMILES string of the molecule is COc1cccc(C(O)=C2C(=O)C(=O)N(CCN3CCCC3)[C@H]2c2cc(OC)c(OC)c(OC)c2)c1. The summed E-state index contributed by atoms with van der Waals surface area (Å²) in [5.41, 5.74) is 0.947. The Morgan fingerprint density at radius 2 is 1.58 bits per heavy atom. The Morgan fingerprint density at radius 1 is 0.917 bits per heavy atom. The van der Waals surface area contributed by atoms with Gasteiger partial charge in [0.1, 0.15) is 11.5 Å². The van der Waals surface area contributed by atoms with Gasteiger partial charge in [0.15, 0.2) is 11.5 Å². The molecule has 2 aromatic carbocycles. The molecule has 2 aliphatic heterocycles. The maximum atomic E-state index is 13.4. The zero-order chi connectivity index (χ0) is 25.8. The molecule has 192 valence electrons. The van der Waals surface area contributed by atoms with Gasteiger partial charge in [-0.1, -0.05) is 12.1 Å². The highest BCUT2D eigenvalue weighted by Crippen LogP contribution is 2.45. The molecule has 0 unspecified atom stereocenters. The van der Waals surface area contributed by atoms with Crippen molar-refractivity contribution in [3.63, 3.8) is 0 Å². The van der Waals surface area contributed by atoms with Gasteiger partial charge in [-0.15, -0.1) is 0 Å². The number of hydrogen-bond acceptors (Lipinski definition) is 8. The fraction of sp³-hybridized carbons (Fsp3) is 0.407. The molecule has 2 aliphatic rings. The highest BCUT2D eigenvalue weighted by Gasteiger charge is 2.46. The molecular weight excluding hydrogens is 464 g/mol. The lowest BCUT2D eigenvalue weighted by Crippen LogP contribution is -2.37. The van der Waals surface area contributed by atoms with Gasteiger partial charge in [0.25, 0.3) is 11.7 Å². The van der Waals surface area contributed by atoms with Crippen molar-refractivity contribution in [2.24, 2.45) is 0 Å². The topological polar surface area (TPSA) is 97.8 Å². The van der Waals surface area contributed by atoms with Crippen LogP contribution in [0.5, 0.6) is 23.0 Å². The van der Waals surface area contributed by atoms with Gasteiger partial charge < -0.3 is 33.9 Å². The first-order chi connectivity index (χ1) is 17.4. The number of hydrogen-bond donors (Lipinski definition) is 1. The van der Waals surface area contributed by atoms with E-state index < -0.39 is 17.7 Å². The van der Waals surface area contributed by atoms with E-state index in [0.717, 1.165) is 25.9 Å². The third-order valence-corrected chi connectivity index (χ3v) is 6.74. The van der Waals surface area contributed by atoms with Gasteiger partial charge in [-0.05, 0) is 55.8 Å². The van der Waals surface area contributed by atoms with E-state index in [2.05, 4.69) is 4.90 Å². The van der Waals surface area contributed by atoms with Crippen LogP contribution in [0.1, 0.15) is 30.0 Å². The molecule has 9 nitrogen and oxygen atoms in total. The molecule has 0 aromatic heterocycles. The third kappa shape index (κ3) is 4.70. The molecule has 2 fully saturated rings. The van der Waals surface area contributed by atoms with E-state index in [0.29, 0.717) is 47.2 Å². The highest BCUT2D eigenvalue weighted by atomic mass is 16.5. The fourth-order valence-electron chi connectivity index (χ4n) is 4.90. The molecule has 36 heavy (non-hydrogen) atoms. The largest absolute Gasteiger partial charge is 0.507 e. The normalized spacial score (nSPS) is 19.6. The van der Waals surface area contributed by atoms with Crippen LogP contribution in [0.2, 0.25) is 0 Å². The molecule has 2 saturated heterocycles. The predicted octanol–water partition coefficient (Wildman–Crippen LogP) is 3.24. The Labute approximate surface area is 210 Å². The van der Waals surface area contributed by atoms with Crippen LogP contribution >= 0.6 is 0 Å². The zero-order valence-electron chi connectivity index (χ0n) is 21.1. The smallest absolute Gasteiger partial charge is 0.295 e. The molecule has 4 rings (SSSR count). The van der Waals surface area contributed by atoms with Gasteiger partial charge in [-0.3, -0.25) is 9.59 Å². The van der Waals surface area contributed by atoms with E-state index in [-0.39, 0.29) is 11.3 Å². The van der Waals surface area contributed by atoms with Crippen LogP contribution in [-0.2, 0) is 9.59 Å². The molecule has 0 spiro atoms. The number of Topliss-reactive ketones (excluding diaryl/α,β-unsaturated/α-hetero) is 1. The molecule has 1 N–H and O–H groups in total. The van der Waals surface area contributed by atoms with Gasteiger partial charge in [0, 0.05) is 18.7 Å². The molecule has 1 atom stereocenters. The van der Waals surface area contributed by atoms with Gasteiger partial charge in [0.05, 0.1) is 40.1 Å². The van der Waals surface area contributed by atoms with Crippen LogP contribution < -0.4 is 18.9 Å². The van der Waals surface area contributed by atoms with Crippen LogP contribution in [-0.4, -0.2) is 81.2 Å². The lowest BCUT2D eigenvalue weighted by Gasteiger charge is -2.28.